The van der Waals surface area contributed by atoms with Crippen molar-refractivity contribution in [3.63, 3.8) is 0 Å². The summed E-state index contributed by atoms with van der Waals surface area (Å²) in [5.41, 5.74) is 6.59. The Kier molecular flexibility index (Phi) is 3.23. The van der Waals surface area contributed by atoms with Crippen LogP contribution in [0.25, 0.3) is 11.5 Å². The molecule has 3 nitrogen and oxygen atoms in total. The second-order valence-electron chi connectivity index (χ2n) is 3.41. The lowest BCUT2D eigenvalue weighted by Gasteiger charge is -1.98. The summed E-state index contributed by atoms with van der Waals surface area (Å²) in [6.07, 6.45) is 0.812. The number of halogens is 1. The third-order valence-corrected chi connectivity index (χ3v) is 3.17. The van der Waals surface area contributed by atoms with E-state index in [0.717, 1.165) is 27.6 Å². The lowest BCUT2D eigenvalue weighted by atomic mass is 10.3. The molecule has 1 unspecified atom stereocenters. The topological polar surface area (TPSA) is 52.0 Å². The average molecular weight is 287 g/mol. The maximum absolute atomic E-state index is 5.71. The molecule has 0 bridgehead atoms. The van der Waals surface area contributed by atoms with Crippen molar-refractivity contribution >= 4 is 27.3 Å². The number of hydrogen-bond acceptors (Lipinski definition) is 4. The largest absolute Gasteiger partial charge is 0.448 e. The Morgan fingerprint density at radius 2 is 2.40 bits per heavy atom. The molecule has 1 atom stereocenters. The standard InChI is InChI=1S/C10H11BrN2OS/c1-6(12)4-10-13-7(5-15-10)8-2-3-9(11)14-8/h2-3,5-6H,4,12H2,1H3. The molecule has 0 saturated carbocycles. The lowest BCUT2D eigenvalue weighted by molar-refractivity contribution is 0.554. The molecule has 0 aliphatic carbocycles. The Labute approximate surface area is 100 Å². The summed E-state index contributed by atoms with van der Waals surface area (Å²) in [5.74, 6) is 0.786. The molecule has 0 aromatic carbocycles. The van der Waals surface area contributed by atoms with E-state index in [1.54, 1.807) is 11.3 Å². The van der Waals surface area contributed by atoms with Gasteiger partial charge in [0, 0.05) is 17.8 Å². The van der Waals surface area contributed by atoms with E-state index in [9.17, 15) is 0 Å². The molecule has 0 spiro atoms. The van der Waals surface area contributed by atoms with Gasteiger partial charge in [-0.05, 0) is 35.0 Å². The molecule has 80 valence electrons. The number of nitrogens with zero attached hydrogens (tertiary/aromatic N) is 1. The summed E-state index contributed by atoms with van der Waals surface area (Å²) in [7, 11) is 0. The summed E-state index contributed by atoms with van der Waals surface area (Å²) in [6, 6.07) is 3.90. The van der Waals surface area contributed by atoms with Crippen LogP contribution in [0.4, 0.5) is 0 Å². The van der Waals surface area contributed by atoms with E-state index in [4.69, 9.17) is 10.2 Å². The van der Waals surface area contributed by atoms with Gasteiger partial charge < -0.3 is 10.2 Å². The van der Waals surface area contributed by atoms with Gasteiger partial charge in [-0.3, -0.25) is 0 Å². The smallest absolute Gasteiger partial charge is 0.169 e. The van der Waals surface area contributed by atoms with Gasteiger partial charge in [0.25, 0.3) is 0 Å². The van der Waals surface area contributed by atoms with Gasteiger partial charge in [-0.25, -0.2) is 4.98 Å². The molecular formula is C10H11BrN2OS. The Bertz CT molecular complexity index is 450. The highest BCUT2D eigenvalue weighted by Crippen LogP contribution is 2.26. The molecule has 0 amide bonds. The van der Waals surface area contributed by atoms with E-state index in [0.29, 0.717) is 0 Å². The molecule has 0 aliphatic rings. The van der Waals surface area contributed by atoms with E-state index in [1.807, 2.05) is 24.4 Å². The Morgan fingerprint density at radius 1 is 1.60 bits per heavy atom. The molecule has 0 aliphatic heterocycles. The van der Waals surface area contributed by atoms with E-state index >= 15 is 0 Å². The molecular weight excluding hydrogens is 276 g/mol. The minimum Gasteiger partial charge on any atom is -0.448 e. The molecule has 2 heterocycles. The number of aromatic nitrogens is 1. The molecule has 0 saturated heterocycles. The second-order valence-corrected chi connectivity index (χ2v) is 5.14. The predicted molar refractivity (Wildman–Crippen MR) is 64.9 cm³/mol. The first-order chi connectivity index (χ1) is 7.15. The van der Waals surface area contributed by atoms with Gasteiger partial charge in [0.15, 0.2) is 10.4 Å². The fourth-order valence-electron chi connectivity index (χ4n) is 1.25. The summed E-state index contributed by atoms with van der Waals surface area (Å²) < 4.78 is 6.14. The first kappa shape index (κ1) is 10.9. The van der Waals surface area contributed by atoms with Gasteiger partial charge in [-0.2, -0.15) is 0 Å². The maximum Gasteiger partial charge on any atom is 0.169 e. The number of nitrogens with two attached hydrogens (primary N) is 1. The number of hydrogen-bond donors (Lipinski definition) is 1. The molecule has 5 heteroatoms. The first-order valence-corrected chi connectivity index (χ1v) is 6.28. The average Bonchev–Trinajstić information content (AvgIpc) is 2.72. The zero-order valence-corrected chi connectivity index (χ0v) is 10.6. The minimum absolute atomic E-state index is 0.146. The van der Waals surface area contributed by atoms with Crippen LogP contribution in [0.3, 0.4) is 0 Å². The van der Waals surface area contributed by atoms with Crippen LogP contribution in [0.5, 0.6) is 0 Å². The van der Waals surface area contributed by atoms with Crippen molar-refractivity contribution in [1.82, 2.24) is 4.98 Å². The maximum atomic E-state index is 5.71. The van der Waals surface area contributed by atoms with Gasteiger partial charge in [-0.15, -0.1) is 11.3 Å². The number of furan rings is 1. The van der Waals surface area contributed by atoms with Crippen LogP contribution in [0.1, 0.15) is 11.9 Å². The third kappa shape index (κ3) is 2.68. The second kappa shape index (κ2) is 4.47. The number of thiazole rings is 1. The van der Waals surface area contributed by atoms with Crippen molar-refractivity contribution in [2.24, 2.45) is 5.73 Å². The fraction of sp³-hybridized carbons (Fsp3) is 0.300. The monoisotopic (exact) mass is 286 g/mol. The van der Waals surface area contributed by atoms with Crippen LogP contribution in [-0.2, 0) is 6.42 Å². The zero-order valence-electron chi connectivity index (χ0n) is 8.24. The van der Waals surface area contributed by atoms with Crippen molar-refractivity contribution in [2.45, 2.75) is 19.4 Å². The van der Waals surface area contributed by atoms with Gasteiger partial charge in [-0.1, -0.05) is 0 Å². The summed E-state index contributed by atoms with van der Waals surface area (Å²) in [5, 5.41) is 3.04. The van der Waals surface area contributed by atoms with Crippen molar-refractivity contribution in [3.05, 3.63) is 27.2 Å². The summed E-state index contributed by atoms with van der Waals surface area (Å²) in [4.78, 5) is 4.46. The highest BCUT2D eigenvalue weighted by molar-refractivity contribution is 9.10. The van der Waals surface area contributed by atoms with Crippen molar-refractivity contribution in [3.8, 4) is 11.5 Å². The highest BCUT2D eigenvalue weighted by atomic mass is 79.9. The van der Waals surface area contributed by atoms with E-state index in [2.05, 4.69) is 20.9 Å². The lowest BCUT2D eigenvalue weighted by Crippen LogP contribution is -2.17. The summed E-state index contributed by atoms with van der Waals surface area (Å²) >= 11 is 4.88. The quantitative estimate of drug-likeness (QED) is 0.944. The molecule has 15 heavy (non-hydrogen) atoms. The van der Waals surface area contributed by atoms with Gasteiger partial charge in [0.2, 0.25) is 0 Å². The van der Waals surface area contributed by atoms with Crippen LogP contribution < -0.4 is 5.73 Å². The Hall–Kier alpha value is -0.650. The number of rotatable bonds is 3. The SMILES string of the molecule is CC(N)Cc1nc(-c2ccc(Br)o2)cs1. The highest BCUT2D eigenvalue weighted by Gasteiger charge is 2.09. The van der Waals surface area contributed by atoms with E-state index in [-0.39, 0.29) is 6.04 Å². The van der Waals surface area contributed by atoms with Crippen LogP contribution >= 0.6 is 27.3 Å². The van der Waals surface area contributed by atoms with Gasteiger partial charge >= 0.3 is 0 Å². The van der Waals surface area contributed by atoms with Crippen LogP contribution in [0, 0.1) is 0 Å². The molecule has 2 aromatic rings. The molecule has 2 aromatic heterocycles. The zero-order chi connectivity index (χ0) is 10.8. The Morgan fingerprint density at radius 3 is 3.00 bits per heavy atom. The molecule has 0 fully saturated rings. The van der Waals surface area contributed by atoms with Gasteiger partial charge in [0.1, 0.15) is 5.69 Å². The first-order valence-electron chi connectivity index (χ1n) is 4.61. The molecule has 2 N–H and O–H groups in total. The minimum atomic E-state index is 0.146. The third-order valence-electron chi connectivity index (χ3n) is 1.87. The van der Waals surface area contributed by atoms with Crippen LogP contribution in [0.15, 0.2) is 26.6 Å². The van der Waals surface area contributed by atoms with E-state index in [1.165, 1.54) is 0 Å². The normalized spacial score (nSPS) is 13.0. The van der Waals surface area contributed by atoms with Crippen molar-refractivity contribution < 1.29 is 4.42 Å². The molecule has 0 radical (unpaired) electrons. The van der Waals surface area contributed by atoms with Crippen LogP contribution in [0.2, 0.25) is 0 Å². The van der Waals surface area contributed by atoms with E-state index < -0.39 is 0 Å². The van der Waals surface area contributed by atoms with Crippen molar-refractivity contribution in [1.29, 1.82) is 0 Å². The predicted octanol–water partition coefficient (Wildman–Crippen LogP) is 3.06. The summed E-state index contributed by atoms with van der Waals surface area (Å²) in [6.45, 7) is 1.98. The van der Waals surface area contributed by atoms with Gasteiger partial charge in [0.05, 0.1) is 5.01 Å². The van der Waals surface area contributed by atoms with Crippen molar-refractivity contribution in [2.75, 3.05) is 0 Å². The van der Waals surface area contributed by atoms with Crippen LogP contribution in [-0.4, -0.2) is 11.0 Å². The Balaban J connectivity index is 2.20. The molecule has 2 rings (SSSR count). The fourth-order valence-corrected chi connectivity index (χ4v) is 2.48.